The van der Waals surface area contributed by atoms with Crippen LogP contribution in [0.5, 0.6) is 5.75 Å². The minimum atomic E-state index is -0.240. The van der Waals surface area contributed by atoms with Crippen LogP contribution >= 0.6 is 0 Å². The molecular weight excluding hydrogens is 169 g/mol. The lowest BCUT2D eigenvalue weighted by molar-refractivity contribution is 0.256. The fourth-order valence-corrected chi connectivity index (χ4v) is 1.66. The molecule has 1 heterocycles. The summed E-state index contributed by atoms with van der Waals surface area (Å²) in [6, 6.07) is 4.99. The monoisotopic (exact) mass is 181 g/mol. The van der Waals surface area contributed by atoms with Crippen molar-refractivity contribution in [2.45, 2.75) is 12.5 Å². The van der Waals surface area contributed by atoms with Gasteiger partial charge in [0.2, 0.25) is 0 Å². The van der Waals surface area contributed by atoms with E-state index in [9.17, 15) is 4.39 Å². The largest absolute Gasteiger partial charge is 0.493 e. The van der Waals surface area contributed by atoms with Gasteiger partial charge in [0.1, 0.15) is 11.6 Å². The van der Waals surface area contributed by atoms with E-state index in [0.29, 0.717) is 18.4 Å². The summed E-state index contributed by atoms with van der Waals surface area (Å²) in [7, 11) is 1.91. The van der Waals surface area contributed by atoms with Gasteiger partial charge in [-0.2, -0.15) is 0 Å². The van der Waals surface area contributed by atoms with Crippen LogP contribution in [0.3, 0.4) is 0 Å². The van der Waals surface area contributed by atoms with Gasteiger partial charge in [-0.25, -0.2) is 4.39 Å². The first-order chi connectivity index (χ1) is 6.31. The highest BCUT2D eigenvalue weighted by Crippen LogP contribution is 2.31. The van der Waals surface area contributed by atoms with Crippen LogP contribution in [0, 0.1) is 5.82 Å². The second-order valence-corrected chi connectivity index (χ2v) is 3.16. The molecule has 3 heteroatoms. The van der Waals surface area contributed by atoms with Crippen LogP contribution in [0.4, 0.5) is 4.39 Å². The molecule has 1 aromatic rings. The SMILES string of the molecule is CNC1CCOc2cc(F)ccc21. The van der Waals surface area contributed by atoms with Crippen LogP contribution in [-0.2, 0) is 0 Å². The lowest BCUT2D eigenvalue weighted by Crippen LogP contribution is -2.23. The van der Waals surface area contributed by atoms with Gasteiger partial charge in [0, 0.05) is 24.1 Å². The molecule has 2 nitrogen and oxygen atoms in total. The van der Waals surface area contributed by atoms with E-state index in [1.165, 1.54) is 12.1 Å². The van der Waals surface area contributed by atoms with Gasteiger partial charge in [0.25, 0.3) is 0 Å². The first-order valence-corrected chi connectivity index (χ1v) is 4.41. The molecular formula is C10H12FNO. The van der Waals surface area contributed by atoms with Gasteiger partial charge < -0.3 is 10.1 Å². The normalized spacial score (nSPS) is 20.6. The summed E-state index contributed by atoms with van der Waals surface area (Å²) in [6.45, 7) is 0.655. The van der Waals surface area contributed by atoms with Gasteiger partial charge in [-0.3, -0.25) is 0 Å². The van der Waals surface area contributed by atoms with Crippen LogP contribution in [0.25, 0.3) is 0 Å². The zero-order chi connectivity index (χ0) is 9.26. The van der Waals surface area contributed by atoms with E-state index >= 15 is 0 Å². The third-order valence-electron chi connectivity index (χ3n) is 2.36. The molecule has 0 aromatic heterocycles. The van der Waals surface area contributed by atoms with Crippen LogP contribution in [-0.4, -0.2) is 13.7 Å². The van der Waals surface area contributed by atoms with Gasteiger partial charge in [-0.15, -0.1) is 0 Å². The summed E-state index contributed by atoms with van der Waals surface area (Å²) in [5.74, 6) is 0.432. The molecule has 1 unspecified atom stereocenters. The van der Waals surface area contributed by atoms with Crippen molar-refractivity contribution in [2.24, 2.45) is 0 Å². The van der Waals surface area contributed by atoms with Crippen molar-refractivity contribution >= 4 is 0 Å². The van der Waals surface area contributed by atoms with Crippen molar-refractivity contribution in [3.05, 3.63) is 29.6 Å². The predicted molar refractivity (Wildman–Crippen MR) is 48.3 cm³/mol. The number of halogens is 1. The number of hydrogen-bond acceptors (Lipinski definition) is 2. The van der Waals surface area contributed by atoms with E-state index in [-0.39, 0.29) is 5.82 Å². The summed E-state index contributed by atoms with van der Waals surface area (Å²) in [4.78, 5) is 0. The molecule has 1 aliphatic heterocycles. The quantitative estimate of drug-likeness (QED) is 0.714. The zero-order valence-electron chi connectivity index (χ0n) is 7.51. The maximum Gasteiger partial charge on any atom is 0.126 e. The summed E-state index contributed by atoms with van der Waals surface area (Å²) in [5.41, 5.74) is 1.05. The molecule has 0 fully saturated rings. The number of hydrogen-bond donors (Lipinski definition) is 1. The fraction of sp³-hybridized carbons (Fsp3) is 0.400. The lowest BCUT2D eigenvalue weighted by atomic mass is 10.0. The van der Waals surface area contributed by atoms with Crippen LogP contribution in [0.15, 0.2) is 18.2 Å². The molecule has 0 bridgehead atoms. The number of ether oxygens (including phenoxy) is 1. The molecule has 0 spiro atoms. The average molecular weight is 181 g/mol. The third-order valence-corrected chi connectivity index (χ3v) is 2.36. The Bertz CT molecular complexity index is 314. The number of benzene rings is 1. The standard InChI is InChI=1S/C10H12FNO/c1-12-9-4-5-13-10-6-7(11)2-3-8(9)10/h2-3,6,9,12H,4-5H2,1H3. The van der Waals surface area contributed by atoms with Crippen LogP contribution in [0.2, 0.25) is 0 Å². The Hall–Kier alpha value is -1.09. The van der Waals surface area contributed by atoms with Crippen molar-refractivity contribution in [3.8, 4) is 5.75 Å². The Kier molecular flexibility index (Phi) is 2.19. The first kappa shape index (κ1) is 8.51. The van der Waals surface area contributed by atoms with Crippen molar-refractivity contribution in [2.75, 3.05) is 13.7 Å². The van der Waals surface area contributed by atoms with E-state index in [1.807, 2.05) is 7.05 Å². The highest BCUT2D eigenvalue weighted by Gasteiger charge is 2.19. The van der Waals surface area contributed by atoms with E-state index in [2.05, 4.69) is 5.32 Å². The second-order valence-electron chi connectivity index (χ2n) is 3.16. The highest BCUT2D eigenvalue weighted by molar-refractivity contribution is 5.37. The van der Waals surface area contributed by atoms with Crippen molar-refractivity contribution < 1.29 is 9.13 Å². The minimum absolute atomic E-state index is 0.240. The Morgan fingerprint density at radius 2 is 2.38 bits per heavy atom. The number of fused-ring (bicyclic) bond motifs is 1. The molecule has 1 aliphatic rings. The lowest BCUT2D eigenvalue weighted by Gasteiger charge is -2.25. The summed E-state index contributed by atoms with van der Waals surface area (Å²) >= 11 is 0. The summed E-state index contributed by atoms with van der Waals surface area (Å²) in [6.07, 6.45) is 0.940. The van der Waals surface area contributed by atoms with Gasteiger partial charge in [-0.1, -0.05) is 6.07 Å². The van der Waals surface area contributed by atoms with E-state index in [0.717, 1.165) is 12.0 Å². The molecule has 0 aliphatic carbocycles. The van der Waals surface area contributed by atoms with Gasteiger partial charge in [0.05, 0.1) is 6.61 Å². The Morgan fingerprint density at radius 1 is 1.54 bits per heavy atom. The first-order valence-electron chi connectivity index (χ1n) is 4.41. The molecule has 1 N–H and O–H groups in total. The Labute approximate surface area is 76.7 Å². The molecule has 1 aromatic carbocycles. The molecule has 2 rings (SSSR count). The molecule has 0 saturated carbocycles. The van der Waals surface area contributed by atoms with E-state index < -0.39 is 0 Å². The molecule has 13 heavy (non-hydrogen) atoms. The number of nitrogens with one attached hydrogen (secondary N) is 1. The average Bonchev–Trinajstić information content (AvgIpc) is 2.16. The topological polar surface area (TPSA) is 21.3 Å². The molecule has 70 valence electrons. The number of rotatable bonds is 1. The van der Waals surface area contributed by atoms with Gasteiger partial charge >= 0.3 is 0 Å². The third kappa shape index (κ3) is 1.52. The summed E-state index contributed by atoms with van der Waals surface area (Å²) in [5, 5.41) is 3.18. The smallest absolute Gasteiger partial charge is 0.126 e. The molecule has 0 amide bonds. The van der Waals surface area contributed by atoms with Crippen molar-refractivity contribution in [1.82, 2.24) is 5.32 Å². The second kappa shape index (κ2) is 3.34. The summed E-state index contributed by atoms with van der Waals surface area (Å²) < 4.78 is 18.2. The maximum absolute atomic E-state index is 12.8. The Morgan fingerprint density at radius 3 is 3.15 bits per heavy atom. The highest BCUT2D eigenvalue weighted by atomic mass is 19.1. The van der Waals surface area contributed by atoms with E-state index in [4.69, 9.17) is 4.74 Å². The fourth-order valence-electron chi connectivity index (χ4n) is 1.66. The van der Waals surface area contributed by atoms with Crippen molar-refractivity contribution in [1.29, 1.82) is 0 Å². The van der Waals surface area contributed by atoms with Crippen LogP contribution < -0.4 is 10.1 Å². The predicted octanol–water partition coefficient (Wildman–Crippen LogP) is 1.87. The molecule has 0 saturated heterocycles. The Balaban J connectivity index is 2.40. The minimum Gasteiger partial charge on any atom is -0.493 e. The van der Waals surface area contributed by atoms with Gasteiger partial charge in [0.15, 0.2) is 0 Å². The van der Waals surface area contributed by atoms with Crippen molar-refractivity contribution in [3.63, 3.8) is 0 Å². The maximum atomic E-state index is 12.8. The zero-order valence-corrected chi connectivity index (χ0v) is 7.51. The molecule has 1 atom stereocenters. The van der Waals surface area contributed by atoms with E-state index in [1.54, 1.807) is 6.07 Å². The van der Waals surface area contributed by atoms with Crippen LogP contribution in [0.1, 0.15) is 18.0 Å². The molecule has 0 radical (unpaired) electrons. The van der Waals surface area contributed by atoms with Gasteiger partial charge in [-0.05, 0) is 13.1 Å².